The van der Waals surface area contributed by atoms with Crippen molar-refractivity contribution in [2.45, 2.75) is 12.7 Å². The average molecular weight is 589 g/mol. The third-order valence-corrected chi connectivity index (χ3v) is 5.25. The minimum atomic E-state index is -4.81. The zero-order chi connectivity index (χ0) is 26.2. The van der Waals surface area contributed by atoms with E-state index in [2.05, 4.69) is 46.7 Å². The van der Waals surface area contributed by atoms with Gasteiger partial charge in [0.2, 0.25) is 0 Å². The number of aromatic nitrogens is 7. The molecule has 11 nitrogen and oxygen atoms in total. The molecule has 0 fully saturated rings. The molecule has 36 heavy (non-hydrogen) atoms. The molecule has 0 saturated carbocycles. The molecule has 0 aliphatic rings. The lowest BCUT2D eigenvalue weighted by molar-refractivity contribution is -0.145. The number of benzene rings is 1. The van der Waals surface area contributed by atoms with Crippen molar-refractivity contribution in [1.82, 2.24) is 35.0 Å². The molecule has 3 N–H and O–H groups in total. The van der Waals surface area contributed by atoms with Crippen LogP contribution in [0.3, 0.4) is 0 Å². The summed E-state index contributed by atoms with van der Waals surface area (Å²) in [7, 11) is 0. The lowest BCUT2D eigenvalue weighted by Gasteiger charge is -2.12. The molecule has 0 aliphatic carbocycles. The predicted molar refractivity (Wildman–Crippen MR) is 119 cm³/mol. The molecular weight excluding hydrogens is 578 g/mol. The van der Waals surface area contributed by atoms with Crippen LogP contribution < -0.4 is 11.1 Å². The Morgan fingerprint density at radius 2 is 1.94 bits per heavy atom. The Kier molecular flexibility index (Phi) is 6.73. The molecule has 0 unspecified atom stereocenters. The Bertz CT molecular complexity index is 1490. The Morgan fingerprint density at radius 3 is 2.58 bits per heavy atom. The Labute approximate surface area is 211 Å². The van der Waals surface area contributed by atoms with Crippen molar-refractivity contribution in [3.05, 3.63) is 74.6 Å². The largest absolute Gasteiger partial charge is 0.455 e. The number of carbonyl (C=O) groups excluding carboxylic acids is 2. The van der Waals surface area contributed by atoms with Crippen LogP contribution in [-0.2, 0) is 12.7 Å². The molecule has 3 aromatic heterocycles. The van der Waals surface area contributed by atoms with E-state index in [4.69, 9.17) is 17.3 Å². The average Bonchev–Trinajstić information content (AvgIpc) is 3.43. The van der Waals surface area contributed by atoms with Gasteiger partial charge < -0.3 is 11.1 Å². The minimum absolute atomic E-state index is 0.00972. The molecule has 17 heteroatoms. The number of carbonyl (C=O) groups is 2. The van der Waals surface area contributed by atoms with Crippen LogP contribution in [-0.4, -0.2) is 46.8 Å². The molecule has 0 aliphatic heterocycles. The SMILES string of the molecule is NC(=O)c1cc(Br)cc(F)c1NC(=O)c1cc(Cn2nnc(C(F)(F)F)n2)nn1-c1ncccc1Cl. The van der Waals surface area contributed by atoms with E-state index in [0.717, 1.165) is 10.7 Å². The van der Waals surface area contributed by atoms with Gasteiger partial charge in [-0.25, -0.2) is 14.1 Å². The van der Waals surface area contributed by atoms with Gasteiger partial charge in [0.25, 0.3) is 17.6 Å². The molecule has 1 aromatic carbocycles. The number of nitrogens with two attached hydrogens (primary N) is 1. The smallest absolute Gasteiger partial charge is 0.366 e. The van der Waals surface area contributed by atoms with E-state index in [0.29, 0.717) is 4.80 Å². The standard InChI is InChI=1S/C19H11BrClF4N9O2/c20-8-4-10(15(26)35)14(12(22)5-8)28-17(36)13-6-9(7-33-31-18(29-32-33)19(23,24)25)30-34(13)16-11(21)2-1-3-27-16/h1-6H,7H2,(H2,26,35)(H,28,36). The van der Waals surface area contributed by atoms with Crippen LogP contribution in [0.5, 0.6) is 0 Å². The summed E-state index contributed by atoms with van der Waals surface area (Å²) in [6.07, 6.45) is -3.45. The van der Waals surface area contributed by atoms with E-state index < -0.39 is 41.9 Å². The van der Waals surface area contributed by atoms with Gasteiger partial charge in [0.05, 0.1) is 22.0 Å². The van der Waals surface area contributed by atoms with Gasteiger partial charge in [0.1, 0.15) is 18.1 Å². The number of alkyl halides is 3. The normalized spacial score (nSPS) is 11.5. The highest BCUT2D eigenvalue weighted by Crippen LogP contribution is 2.27. The van der Waals surface area contributed by atoms with Crippen molar-refractivity contribution in [1.29, 1.82) is 0 Å². The Balaban J connectivity index is 1.75. The highest BCUT2D eigenvalue weighted by molar-refractivity contribution is 9.10. The lowest BCUT2D eigenvalue weighted by atomic mass is 10.1. The van der Waals surface area contributed by atoms with E-state index >= 15 is 0 Å². The van der Waals surface area contributed by atoms with Crippen molar-refractivity contribution in [2.24, 2.45) is 5.73 Å². The fourth-order valence-electron chi connectivity index (χ4n) is 3.00. The number of hydrogen-bond donors (Lipinski definition) is 2. The summed E-state index contributed by atoms with van der Waals surface area (Å²) in [5.41, 5.74) is 4.26. The fourth-order valence-corrected chi connectivity index (χ4v) is 3.64. The lowest BCUT2D eigenvalue weighted by Crippen LogP contribution is -2.22. The second kappa shape index (κ2) is 9.62. The third-order valence-electron chi connectivity index (χ3n) is 4.50. The zero-order valence-electron chi connectivity index (χ0n) is 17.5. The first-order chi connectivity index (χ1) is 16.9. The second-order valence-electron chi connectivity index (χ2n) is 7.01. The summed E-state index contributed by atoms with van der Waals surface area (Å²) in [6, 6.07) is 6.38. The molecular formula is C19H11BrClF4N9O2. The van der Waals surface area contributed by atoms with Crippen LogP contribution in [0.25, 0.3) is 5.82 Å². The van der Waals surface area contributed by atoms with E-state index in [1.165, 1.54) is 30.5 Å². The maximum Gasteiger partial charge on any atom is 0.455 e. The van der Waals surface area contributed by atoms with Crippen LogP contribution >= 0.6 is 27.5 Å². The minimum Gasteiger partial charge on any atom is -0.366 e. The number of hydrogen-bond acceptors (Lipinski definition) is 7. The van der Waals surface area contributed by atoms with Crippen molar-refractivity contribution in [2.75, 3.05) is 5.32 Å². The summed E-state index contributed by atoms with van der Waals surface area (Å²) in [4.78, 5) is 29.6. The van der Waals surface area contributed by atoms with Crippen molar-refractivity contribution >= 4 is 45.0 Å². The van der Waals surface area contributed by atoms with E-state index in [-0.39, 0.29) is 32.3 Å². The summed E-state index contributed by atoms with van der Waals surface area (Å²) in [6.45, 7) is -0.417. The molecule has 0 saturated heterocycles. The summed E-state index contributed by atoms with van der Waals surface area (Å²) in [5, 5.41) is 16.0. The van der Waals surface area contributed by atoms with Gasteiger partial charge in [-0.3, -0.25) is 9.59 Å². The number of nitrogens with one attached hydrogen (secondary N) is 1. The van der Waals surface area contributed by atoms with Gasteiger partial charge in [-0.05, 0) is 35.5 Å². The van der Waals surface area contributed by atoms with Crippen molar-refractivity contribution in [3.8, 4) is 5.82 Å². The van der Waals surface area contributed by atoms with Crippen molar-refractivity contribution in [3.63, 3.8) is 0 Å². The molecule has 186 valence electrons. The second-order valence-corrected chi connectivity index (χ2v) is 8.33. The first-order valence-corrected chi connectivity index (χ1v) is 10.8. The highest BCUT2D eigenvalue weighted by atomic mass is 79.9. The van der Waals surface area contributed by atoms with E-state index in [1.807, 2.05) is 0 Å². The maximum absolute atomic E-state index is 14.6. The first-order valence-electron chi connectivity index (χ1n) is 9.59. The number of rotatable bonds is 6. The van der Waals surface area contributed by atoms with Crippen LogP contribution in [0.1, 0.15) is 32.4 Å². The first kappa shape index (κ1) is 25.2. The number of pyridine rings is 1. The van der Waals surface area contributed by atoms with Gasteiger partial charge >= 0.3 is 6.18 Å². The predicted octanol–water partition coefficient (Wildman–Crippen LogP) is 3.23. The number of halogens is 6. The number of tetrazole rings is 1. The van der Waals surface area contributed by atoms with Gasteiger partial charge in [-0.15, -0.1) is 10.2 Å². The molecule has 0 radical (unpaired) electrons. The topological polar surface area (TPSA) is 146 Å². The molecule has 0 spiro atoms. The number of primary amides is 1. The zero-order valence-corrected chi connectivity index (χ0v) is 19.8. The third kappa shape index (κ3) is 5.18. The van der Waals surface area contributed by atoms with E-state index in [9.17, 15) is 27.2 Å². The Hall–Kier alpha value is -3.92. The van der Waals surface area contributed by atoms with Gasteiger partial charge in [-0.1, -0.05) is 27.5 Å². The monoisotopic (exact) mass is 587 g/mol. The fraction of sp³-hybridized carbons (Fsp3) is 0.105. The molecule has 0 atom stereocenters. The van der Waals surface area contributed by atoms with Crippen LogP contribution in [0.2, 0.25) is 5.02 Å². The van der Waals surface area contributed by atoms with Gasteiger partial charge in [0, 0.05) is 10.7 Å². The van der Waals surface area contributed by atoms with Gasteiger partial charge in [-0.2, -0.15) is 23.1 Å². The van der Waals surface area contributed by atoms with E-state index in [1.54, 1.807) is 0 Å². The molecule has 3 heterocycles. The van der Waals surface area contributed by atoms with Crippen molar-refractivity contribution < 1.29 is 27.2 Å². The quantitative estimate of drug-likeness (QED) is 0.329. The summed E-state index contributed by atoms with van der Waals surface area (Å²) < 4.78 is 54.2. The molecule has 4 rings (SSSR count). The number of nitrogens with zero attached hydrogens (tertiary/aromatic N) is 7. The maximum atomic E-state index is 14.6. The Morgan fingerprint density at radius 1 is 1.19 bits per heavy atom. The van der Waals surface area contributed by atoms with Crippen LogP contribution in [0, 0.1) is 5.82 Å². The summed E-state index contributed by atoms with van der Waals surface area (Å²) >= 11 is 9.22. The van der Waals surface area contributed by atoms with Crippen LogP contribution in [0.15, 0.2) is 41.0 Å². The van der Waals surface area contributed by atoms with Gasteiger partial charge in [0.15, 0.2) is 5.82 Å². The molecule has 0 bridgehead atoms. The number of anilines is 1. The summed E-state index contributed by atoms with van der Waals surface area (Å²) in [5.74, 6) is -4.39. The van der Waals surface area contributed by atoms with Crippen LogP contribution in [0.4, 0.5) is 23.2 Å². The molecule has 2 amide bonds. The number of amides is 2. The molecule has 4 aromatic rings. The highest BCUT2D eigenvalue weighted by Gasteiger charge is 2.37.